The second-order valence-electron chi connectivity index (χ2n) is 2.89. The van der Waals surface area contributed by atoms with Crippen LogP contribution in [0.5, 0.6) is 0 Å². The molecule has 0 spiro atoms. The molecule has 0 saturated heterocycles. The summed E-state index contributed by atoms with van der Waals surface area (Å²) in [6.45, 7) is 2.11. The van der Waals surface area contributed by atoms with Gasteiger partial charge in [0.1, 0.15) is 0 Å². The molecule has 3 heteroatoms. The van der Waals surface area contributed by atoms with Gasteiger partial charge in [-0.3, -0.25) is 4.68 Å². The molecule has 0 N–H and O–H groups in total. The van der Waals surface area contributed by atoms with E-state index in [0.717, 1.165) is 0 Å². The first kappa shape index (κ1) is 8.04. The molecule has 0 amide bonds. The highest BCUT2D eigenvalue weighted by Crippen LogP contribution is 2.22. The molecular weight excluding hydrogens is 263 g/mol. The van der Waals surface area contributed by atoms with Gasteiger partial charge in [0.15, 0.2) is 0 Å². The molecule has 0 aliphatic carbocycles. The van der Waals surface area contributed by atoms with Crippen LogP contribution in [-0.4, -0.2) is 9.78 Å². The third kappa shape index (κ3) is 1.03. The van der Waals surface area contributed by atoms with E-state index in [1.54, 1.807) is 0 Å². The van der Waals surface area contributed by atoms with Gasteiger partial charge in [-0.15, -0.1) is 0 Å². The number of fused-ring (bicyclic) bond motifs is 1. The maximum atomic E-state index is 4.23. The molecule has 0 aliphatic rings. The molecule has 1 aromatic heterocycles. The van der Waals surface area contributed by atoms with Crippen LogP contribution in [0.25, 0.3) is 10.9 Å². The van der Waals surface area contributed by atoms with Crippen molar-refractivity contribution in [3.05, 3.63) is 27.5 Å². The highest BCUT2D eigenvalue weighted by atomic mass is 127. The van der Waals surface area contributed by atoms with Crippen molar-refractivity contribution in [3.8, 4) is 0 Å². The SMILES string of the molecule is Cc1ccc(I)c2c1cnn2C. The van der Waals surface area contributed by atoms with Crippen LogP contribution in [0, 0.1) is 10.5 Å². The zero-order chi connectivity index (χ0) is 8.72. The highest BCUT2D eigenvalue weighted by molar-refractivity contribution is 14.1. The summed E-state index contributed by atoms with van der Waals surface area (Å²) in [7, 11) is 1.98. The molecule has 0 unspecified atom stereocenters. The Morgan fingerprint density at radius 2 is 2.17 bits per heavy atom. The lowest BCUT2D eigenvalue weighted by atomic mass is 10.1. The minimum Gasteiger partial charge on any atom is -0.267 e. The number of hydrogen-bond acceptors (Lipinski definition) is 1. The number of rotatable bonds is 0. The van der Waals surface area contributed by atoms with E-state index in [2.05, 4.69) is 46.7 Å². The molecule has 0 bridgehead atoms. The van der Waals surface area contributed by atoms with E-state index in [4.69, 9.17) is 0 Å². The van der Waals surface area contributed by atoms with Crippen molar-refractivity contribution in [2.75, 3.05) is 0 Å². The quantitative estimate of drug-likeness (QED) is 0.674. The predicted octanol–water partition coefficient (Wildman–Crippen LogP) is 2.49. The molecule has 1 heterocycles. The standard InChI is InChI=1S/C9H9IN2/c1-6-3-4-8(10)9-7(6)5-11-12(9)2/h3-5H,1-2H3. The van der Waals surface area contributed by atoms with Gasteiger partial charge in [-0.25, -0.2) is 0 Å². The molecule has 2 nitrogen and oxygen atoms in total. The zero-order valence-corrected chi connectivity index (χ0v) is 9.16. The van der Waals surface area contributed by atoms with E-state index < -0.39 is 0 Å². The summed E-state index contributed by atoms with van der Waals surface area (Å²) in [4.78, 5) is 0. The van der Waals surface area contributed by atoms with Gasteiger partial charge in [0.25, 0.3) is 0 Å². The number of halogens is 1. The maximum absolute atomic E-state index is 4.23. The van der Waals surface area contributed by atoms with E-state index in [1.165, 1.54) is 20.0 Å². The van der Waals surface area contributed by atoms with Gasteiger partial charge in [-0.05, 0) is 41.1 Å². The first-order valence-electron chi connectivity index (χ1n) is 3.77. The molecule has 62 valence electrons. The number of benzene rings is 1. The van der Waals surface area contributed by atoms with Crippen LogP contribution in [-0.2, 0) is 7.05 Å². The number of aromatic nitrogens is 2. The molecule has 2 rings (SSSR count). The van der Waals surface area contributed by atoms with Crippen LogP contribution in [0.3, 0.4) is 0 Å². The van der Waals surface area contributed by atoms with Gasteiger partial charge in [-0.2, -0.15) is 5.10 Å². The van der Waals surface area contributed by atoms with Crippen molar-refractivity contribution < 1.29 is 0 Å². The number of nitrogens with zero attached hydrogens (tertiary/aromatic N) is 2. The Morgan fingerprint density at radius 3 is 2.83 bits per heavy atom. The monoisotopic (exact) mass is 272 g/mol. The second-order valence-corrected chi connectivity index (χ2v) is 4.06. The van der Waals surface area contributed by atoms with Crippen molar-refractivity contribution in [3.63, 3.8) is 0 Å². The predicted molar refractivity (Wildman–Crippen MR) is 58.2 cm³/mol. The average Bonchev–Trinajstić information content (AvgIpc) is 2.42. The van der Waals surface area contributed by atoms with E-state index in [9.17, 15) is 0 Å². The maximum Gasteiger partial charge on any atom is 0.0815 e. The van der Waals surface area contributed by atoms with Crippen molar-refractivity contribution in [2.45, 2.75) is 6.92 Å². The lowest BCUT2D eigenvalue weighted by molar-refractivity contribution is 0.795. The third-order valence-electron chi connectivity index (χ3n) is 2.07. The van der Waals surface area contributed by atoms with Crippen LogP contribution in [0.15, 0.2) is 18.3 Å². The summed E-state index contributed by atoms with van der Waals surface area (Å²) >= 11 is 2.34. The Morgan fingerprint density at radius 1 is 1.42 bits per heavy atom. The van der Waals surface area contributed by atoms with Gasteiger partial charge >= 0.3 is 0 Å². The fraction of sp³-hybridized carbons (Fsp3) is 0.222. The third-order valence-corrected chi connectivity index (χ3v) is 2.94. The Balaban J connectivity index is 2.98. The van der Waals surface area contributed by atoms with E-state index in [0.29, 0.717) is 0 Å². The lowest BCUT2D eigenvalue weighted by Gasteiger charge is -1.99. The lowest BCUT2D eigenvalue weighted by Crippen LogP contribution is -1.91. The summed E-state index contributed by atoms with van der Waals surface area (Å²) < 4.78 is 3.18. The van der Waals surface area contributed by atoms with Gasteiger partial charge in [0.05, 0.1) is 11.7 Å². The Labute approximate surface area is 84.7 Å². The first-order chi connectivity index (χ1) is 5.70. The van der Waals surface area contributed by atoms with Crippen molar-refractivity contribution >= 4 is 33.5 Å². The summed E-state index contributed by atoms with van der Waals surface area (Å²) in [5.74, 6) is 0. The average molecular weight is 272 g/mol. The van der Waals surface area contributed by atoms with Gasteiger partial charge in [0, 0.05) is 16.0 Å². The summed E-state index contributed by atoms with van der Waals surface area (Å²) in [6.07, 6.45) is 1.92. The molecule has 0 saturated carbocycles. The zero-order valence-electron chi connectivity index (χ0n) is 7.00. The molecule has 0 atom stereocenters. The normalized spacial score (nSPS) is 10.9. The smallest absolute Gasteiger partial charge is 0.0815 e. The number of aryl methyl sites for hydroxylation is 2. The minimum atomic E-state index is 1.23. The Kier molecular flexibility index (Phi) is 1.83. The van der Waals surface area contributed by atoms with Crippen LogP contribution in [0.2, 0.25) is 0 Å². The molecule has 0 radical (unpaired) electrons. The molecule has 12 heavy (non-hydrogen) atoms. The van der Waals surface area contributed by atoms with Gasteiger partial charge in [0.2, 0.25) is 0 Å². The number of hydrogen-bond donors (Lipinski definition) is 0. The first-order valence-corrected chi connectivity index (χ1v) is 4.85. The highest BCUT2D eigenvalue weighted by Gasteiger charge is 2.04. The van der Waals surface area contributed by atoms with E-state index in [1.807, 2.05) is 17.9 Å². The van der Waals surface area contributed by atoms with Gasteiger partial charge < -0.3 is 0 Å². The van der Waals surface area contributed by atoms with E-state index in [-0.39, 0.29) is 0 Å². The van der Waals surface area contributed by atoms with Crippen LogP contribution in [0.1, 0.15) is 5.56 Å². The fourth-order valence-corrected chi connectivity index (χ4v) is 2.20. The largest absolute Gasteiger partial charge is 0.267 e. The van der Waals surface area contributed by atoms with Crippen molar-refractivity contribution in [1.29, 1.82) is 0 Å². The summed E-state index contributed by atoms with van der Waals surface area (Å²) in [5.41, 5.74) is 2.52. The van der Waals surface area contributed by atoms with Crippen molar-refractivity contribution in [2.24, 2.45) is 7.05 Å². The minimum absolute atomic E-state index is 1.23. The summed E-state index contributed by atoms with van der Waals surface area (Å²) in [5, 5.41) is 5.48. The molecule has 0 aliphatic heterocycles. The van der Waals surface area contributed by atoms with Crippen molar-refractivity contribution in [1.82, 2.24) is 9.78 Å². The van der Waals surface area contributed by atoms with Crippen LogP contribution >= 0.6 is 22.6 Å². The Bertz CT molecular complexity index is 431. The second kappa shape index (κ2) is 2.73. The molecule has 1 aromatic carbocycles. The Hall–Kier alpha value is -0.580. The van der Waals surface area contributed by atoms with Crippen LogP contribution < -0.4 is 0 Å². The molecule has 2 aromatic rings. The fourth-order valence-electron chi connectivity index (χ4n) is 1.38. The summed E-state index contributed by atoms with van der Waals surface area (Å²) in [6, 6.07) is 4.26. The van der Waals surface area contributed by atoms with Gasteiger partial charge in [-0.1, -0.05) is 6.07 Å². The molecular formula is C9H9IN2. The topological polar surface area (TPSA) is 17.8 Å². The molecule has 0 fully saturated rings. The van der Waals surface area contributed by atoms with E-state index >= 15 is 0 Å². The van der Waals surface area contributed by atoms with Crippen LogP contribution in [0.4, 0.5) is 0 Å².